The number of nitrogens with zero attached hydrogens (tertiary/aromatic N) is 3. The Balaban J connectivity index is 1.44. The van der Waals surface area contributed by atoms with E-state index in [1.54, 1.807) is 18.4 Å². The highest BCUT2D eigenvalue weighted by Gasteiger charge is 2.28. The van der Waals surface area contributed by atoms with E-state index in [9.17, 15) is 9.59 Å². The number of carbonyl (C=O) groups excluding carboxylic acids is 2. The van der Waals surface area contributed by atoms with Crippen LogP contribution < -0.4 is 5.32 Å². The number of likely N-dealkylation sites (tertiary alicyclic amines) is 1. The van der Waals surface area contributed by atoms with E-state index in [2.05, 4.69) is 15.3 Å². The predicted molar refractivity (Wildman–Crippen MR) is 117 cm³/mol. The third-order valence-electron chi connectivity index (χ3n) is 5.11. The summed E-state index contributed by atoms with van der Waals surface area (Å²) in [5, 5.41) is 7.44. The van der Waals surface area contributed by atoms with Gasteiger partial charge < -0.3 is 14.6 Å². The number of rotatable bonds is 5. The second-order valence-electron chi connectivity index (χ2n) is 7.05. The maximum Gasteiger partial charge on any atom is 0.258 e. The van der Waals surface area contributed by atoms with E-state index in [1.165, 1.54) is 23.1 Å². The van der Waals surface area contributed by atoms with E-state index < -0.39 is 0 Å². The maximum absolute atomic E-state index is 13.2. The monoisotopic (exact) mass is 442 g/mol. The molecule has 156 valence electrons. The van der Waals surface area contributed by atoms with Gasteiger partial charge in [-0.3, -0.25) is 9.59 Å². The Labute approximate surface area is 182 Å². The minimum Gasteiger partial charge on any atom is -0.461 e. The number of carbonyl (C=O) groups is 2. The molecule has 0 bridgehead atoms. The van der Waals surface area contributed by atoms with E-state index in [0.717, 1.165) is 12.8 Å². The zero-order valence-corrected chi connectivity index (χ0v) is 18.4. The number of thioether (sulfide) groups is 1. The number of hydrogen-bond donors (Lipinski definition) is 1. The fourth-order valence-corrected chi connectivity index (χ4v) is 4.76. The lowest BCUT2D eigenvalue weighted by atomic mass is 10.0. The van der Waals surface area contributed by atoms with Crippen LogP contribution in [0.4, 0.5) is 0 Å². The maximum atomic E-state index is 13.2. The number of aromatic nitrogens is 2. The molecule has 0 unspecified atom stereocenters. The first-order valence-corrected chi connectivity index (χ1v) is 11.8. The van der Waals surface area contributed by atoms with Gasteiger partial charge in [0.15, 0.2) is 11.6 Å². The average molecular weight is 443 g/mol. The second-order valence-corrected chi connectivity index (χ2v) is 8.62. The van der Waals surface area contributed by atoms with Crippen molar-refractivity contribution in [3.63, 3.8) is 0 Å². The molecule has 1 aliphatic heterocycles. The number of amides is 2. The van der Waals surface area contributed by atoms with Gasteiger partial charge in [0.25, 0.3) is 11.8 Å². The molecule has 0 aliphatic carbocycles. The second kappa shape index (κ2) is 9.01. The van der Waals surface area contributed by atoms with Crippen molar-refractivity contribution in [3.8, 4) is 11.6 Å². The van der Waals surface area contributed by atoms with Crippen LogP contribution in [0.5, 0.6) is 0 Å². The van der Waals surface area contributed by atoms with Gasteiger partial charge >= 0.3 is 0 Å². The van der Waals surface area contributed by atoms with Gasteiger partial charge in [0.1, 0.15) is 5.03 Å². The molecule has 7 nitrogen and oxygen atoms in total. The Morgan fingerprint density at radius 2 is 2.07 bits per heavy atom. The van der Waals surface area contributed by atoms with Crippen molar-refractivity contribution in [2.75, 3.05) is 19.3 Å². The first kappa shape index (κ1) is 20.6. The molecule has 30 heavy (non-hydrogen) atoms. The van der Waals surface area contributed by atoms with Gasteiger partial charge in [-0.2, -0.15) is 11.3 Å². The summed E-state index contributed by atoms with van der Waals surface area (Å²) in [5.41, 5.74) is 1.87. The summed E-state index contributed by atoms with van der Waals surface area (Å²) < 4.78 is 5.40. The van der Waals surface area contributed by atoms with Crippen LogP contribution in [0.3, 0.4) is 0 Å². The molecular formula is C21H22N4O3S2. The SMILES string of the molecule is CSc1nc(-c2ccco2)nc(C)c1C(=O)N1CCC(NC(=O)c2ccsc2)CC1. The molecule has 1 fully saturated rings. The summed E-state index contributed by atoms with van der Waals surface area (Å²) in [7, 11) is 0. The Hall–Kier alpha value is -2.65. The van der Waals surface area contributed by atoms with Gasteiger partial charge in [0.2, 0.25) is 0 Å². The van der Waals surface area contributed by atoms with Crippen LogP contribution in [-0.2, 0) is 0 Å². The number of hydrogen-bond acceptors (Lipinski definition) is 7. The Morgan fingerprint density at radius 1 is 1.27 bits per heavy atom. The highest BCUT2D eigenvalue weighted by molar-refractivity contribution is 7.98. The van der Waals surface area contributed by atoms with Gasteiger partial charge in [-0.15, -0.1) is 11.8 Å². The summed E-state index contributed by atoms with van der Waals surface area (Å²) >= 11 is 2.93. The van der Waals surface area contributed by atoms with Gasteiger partial charge in [-0.25, -0.2) is 9.97 Å². The van der Waals surface area contributed by atoms with Gasteiger partial charge in [-0.05, 0) is 49.6 Å². The highest BCUT2D eigenvalue weighted by Crippen LogP contribution is 2.27. The normalized spacial score (nSPS) is 14.7. The fourth-order valence-electron chi connectivity index (χ4n) is 3.50. The molecule has 0 aromatic carbocycles. The lowest BCUT2D eigenvalue weighted by Crippen LogP contribution is -2.46. The van der Waals surface area contributed by atoms with Crippen molar-refractivity contribution < 1.29 is 14.0 Å². The van der Waals surface area contributed by atoms with Crippen LogP contribution in [0, 0.1) is 6.92 Å². The van der Waals surface area contributed by atoms with E-state index in [1.807, 2.05) is 34.9 Å². The van der Waals surface area contributed by atoms with Crippen LogP contribution in [0.1, 0.15) is 39.3 Å². The molecule has 1 saturated heterocycles. The molecule has 4 rings (SSSR count). The third-order valence-corrected chi connectivity index (χ3v) is 6.47. The molecule has 4 heterocycles. The largest absolute Gasteiger partial charge is 0.461 e. The van der Waals surface area contributed by atoms with E-state index in [4.69, 9.17) is 4.42 Å². The quantitative estimate of drug-likeness (QED) is 0.477. The van der Waals surface area contributed by atoms with Crippen LogP contribution >= 0.6 is 23.1 Å². The van der Waals surface area contributed by atoms with Crippen molar-refractivity contribution in [1.29, 1.82) is 0 Å². The predicted octanol–water partition coefficient (Wildman–Crippen LogP) is 3.86. The van der Waals surface area contributed by atoms with Gasteiger partial charge in [0, 0.05) is 30.1 Å². The van der Waals surface area contributed by atoms with E-state index in [0.29, 0.717) is 46.5 Å². The lowest BCUT2D eigenvalue weighted by Gasteiger charge is -2.32. The fraction of sp³-hybridized carbons (Fsp3) is 0.333. The number of furan rings is 1. The van der Waals surface area contributed by atoms with Crippen molar-refractivity contribution in [1.82, 2.24) is 20.2 Å². The summed E-state index contributed by atoms with van der Waals surface area (Å²) in [6.45, 7) is 3.00. The van der Waals surface area contributed by atoms with E-state index >= 15 is 0 Å². The summed E-state index contributed by atoms with van der Waals surface area (Å²) in [6.07, 6.45) is 4.92. The highest BCUT2D eigenvalue weighted by atomic mass is 32.2. The van der Waals surface area contributed by atoms with E-state index in [-0.39, 0.29) is 17.9 Å². The molecule has 0 saturated carbocycles. The minimum atomic E-state index is -0.0644. The summed E-state index contributed by atoms with van der Waals surface area (Å²) in [4.78, 5) is 36.4. The molecule has 1 aliphatic rings. The standard InChI is InChI=1S/C21H22N4O3S2/c1-13-17(20(29-2)24-18(22-13)16-4-3-10-28-16)21(27)25-8-5-15(6-9-25)23-19(26)14-7-11-30-12-14/h3-4,7,10-12,15H,5-6,8-9H2,1-2H3,(H,23,26). The number of nitrogens with one attached hydrogen (secondary N) is 1. The molecule has 0 atom stereocenters. The number of aryl methyl sites for hydroxylation is 1. The molecule has 0 radical (unpaired) electrons. The Bertz CT molecular complexity index is 1030. The summed E-state index contributed by atoms with van der Waals surface area (Å²) in [6, 6.07) is 5.47. The Kier molecular flexibility index (Phi) is 6.19. The molecule has 3 aromatic rings. The number of thiophene rings is 1. The number of piperidine rings is 1. The first-order chi connectivity index (χ1) is 14.6. The Morgan fingerprint density at radius 3 is 2.70 bits per heavy atom. The van der Waals surface area contributed by atoms with Crippen molar-refractivity contribution in [3.05, 3.63) is 52.0 Å². The van der Waals surface area contributed by atoms with Crippen LogP contribution in [-0.4, -0.2) is 52.1 Å². The van der Waals surface area contributed by atoms with Crippen LogP contribution in [0.15, 0.2) is 44.7 Å². The third kappa shape index (κ3) is 4.27. The first-order valence-electron chi connectivity index (χ1n) is 9.65. The van der Waals surface area contributed by atoms with Gasteiger partial charge in [0.05, 0.1) is 17.5 Å². The zero-order chi connectivity index (χ0) is 21.1. The molecule has 3 aromatic heterocycles. The topological polar surface area (TPSA) is 88.3 Å². The lowest BCUT2D eigenvalue weighted by molar-refractivity contribution is 0.0692. The molecular weight excluding hydrogens is 420 g/mol. The molecule has 9 heteroatoms. The summed E-state index contributed by atoms with van der Waals surface area (Å²) in [5.74, 6) is 0.941. The minimum absolute atomic E-state index is 0.0524. The molecule has 2 amide bonds. The zero-order valence-electron chi connectivity index (χ0n) is 16.8. The van der Waals surface area contributed by atoms with Crippen molar-refractivity contribution >= 4 is 34.9 Å². The molecule has 0 spiro atoms. The molecule has 1 N–H and O–H groups in total. The van der Waals surface area contributed by atoms with Crippen molar-refractivity contribution in [2.24, 2.45) is 0 Å². The average Bonchev–Trinajstić information content (AvgIpc) is 3.47. The van der Waals surface area contributed by atoms with Gasteiger partial charge in [-0.1, -0.05) is 0 Å². The van der Waals surface area contributed by atoms with Crippen LogP contribution in [0.25, 0.3) is 11.6 Å². The van der Waals surface area contributed by atoms with Crippen molar-refractivity contribution in [2.45, 2.75) is 30.8 Å². The smallest absolute Gasteiger partial charge is 0.258 e. The van der Waals surface area contributed by atoms with Crippen LogP contribution in [0.2, 0.25) is 0 Å².